The summed E-state index contributed by atoms with van der Waals surface area (Å²) in [7, 11) is 0. The van der Waals surface area contributed by atoms with Crippen molar-refractivity contribution >= 4 is 46.2 Å². The van der Waals surface area contributed by atoms with Gasteiger partial charge in [-0.15, -0.1) is 0 Å². The van der Waals surface area contributed by atoms with Crippen molar-refractivity contribution in [2.24, 2.45) is 0 Å². The normalized spacial score (nSPS) is 17.7. The molecule has 1 fully saturated rings. The van der Waals surface area contributed by atoms with Gasteiger partial charge in [-0.05, 0) is 11.6 Å². The Balaban J connectivity index is 2.13. The highest BCUT2D eigenvalue weighted by Gasteiger charge is 2.34. The minimum Gasteiger partial charge on any atom is -0.274 e. The van der Waals surface area contributed by atoms with E-state index >= 15 is 0 Å². The van der Waals surface area contributed by atoms with Crippen LogP contribution in [-0.2, 0) is 9.59 Å². The lowest BCUT2D eigenvalue weighted by Crippen LogP contribution is -2.32. The fraction of sp³-hybridized carbons (Fsp3) is 0.0714. The molecule has 0 atom stereocenters. The van der Waals surface area contributed by atoms with Gasteiger partial charge < -0.3 is 0 Å². The highest BCUT2D eigenvalue weighted by atomic mass is 32.2. The number of rotatable bonds is 2. The zero-order valence-electron chi connectivity index (χ0n) is 10.2. The van der Waals surface area contributed by atoms with Gasteiger partial charge in [0.15, 0.2) is 4.32 Å². The molecule has 19 heavy (non-hydrogen) atoms. The molecule has 0 unspecified atom stereocenters. The fourth-order valence-electron chi connectivity index (χ4n) is 1.56. The van der Waals surface area contributed by atoms with Crippen LogP contribution in [0.3, 0.4) is 0 Å². The van der Waals surface area contributed by atoms with E-state index in [0.717, 1.165) is 22.2 Å². The zero-order valence-corrected chi connectivity index (χ0v) is 11.8. The van der Waals surface area contributed by atoms with Crippen LogP contribution in [-0.4, -0.2) is 21.0 Å². The smallest absolute Gasteiger partial charge is 0.272 e. The highest BCUT2D eigenvalue weighted by molar-refractivity contribution is 8.26. The number of carbonyl (C=O) groups excluding carboxylic acids is 2. The molecule has 0 N–H and O–H groups in total. The van der Waals surface area contributed by atoms with E-state index in [1.54, 1.807) is 12.2 Å². The summed E-state index contributed by atoms with van der Waals surface area (Å²) in [4.78, 5) is 24.6. The molecule has 1 saturated heterocycles. The monoisotopic (exact) mass is 289 g/mol. The summed E-state index contributed by atoms with van der Waals surface area (Å²) >= 11 is 6.14. The SMILES string of the molecule is CC(=O)N1C(=O)/C(=C/C=C\c2ccccc2)SC1=S. The number of allylic oxidation sites excluding steroid dienone is 2. The number of nitrogens with zero attached hydrogens (tertiary/aromatic N) is 1. The number of thiocarbonyl (C=S) groups is 1. The van der Waals surface area contributed by atoms with E-state index in [-0.39, 0.29) is 16.1 Å². The first-order valence-electron chi connectivity index (χ1n) is 5.60. The third kappa shape index (κ3) is 3.19. The Bertz CT molecular complexity index is 591. The van der Waals surface area contributed by atoms with Gasteiger partial charge >= 0.3 is 0 Å². The molecule has 0 spiro atoms. The molecular formula is C14H11NO2S2. The number of amides is 2. The van der Waals surface area contributed by atoms with Gasteiger partial charge in [0.1, 0.15) is 0 Å². The van der Waals surface area contributed by atoms with E-state index in [0.29, 0.717) is 4.91 Å². The molecule has 2 rings (SSSR count). The Hall–Kier alpha value is -1.72. The van der Waals surface area contributed by atoms with Crippen molar-refractivity contribution in [2.45, 2.75) is 6.92 Å². The molecule has 0 bridgehead atoms. The molecule has 1 aromatic rings. The Kier molecular flexibility index (Phi) is 4.29. The van der Waals surface area contributed by atoms with Gasteiger partial charge in [0, 0.05) is 6.92 Å². The molecule has 1 heterocycles. The van der Waals surface area contributed by atoms with Crippen LogP contribution < -0.4 is 0 Å². The molecular weight excluding hydrogens is 278 g/mol. The lowest BCUT2D eigenvalue weighted by Gasteiger charge is -2.07. The summed E-state index contributed by atoms with van der Waals surface area (Å²) in [6, 6.07) is 9.75. The van der Waals surface area contributed by atoms with E-state index < -0.39 is 0 Å². The van der Waals surface area contributed by atoms with Crippen molar-refractivity contribution in [3.63, 3.8) is 0 Å². The average molecular weight is 289 g/mol. The van der Waals surface area contributed by atoms with Crippen molar-refractivity contribution in [1.29, 1.82) is 0 Å². The van der Waals surface area contributed by atoms with Crippen molar-refractivity contribution < 1.29 is 9.59 Å². The Morgan fingerprint density at radius 2 is 2.00 bits per heavy atom. The lowest BCUT2D eigenvalue weighted by atomic mass is 10.2. The van der Waals surface area contributed by atoms with Crippen LogP contribution in [0, 0.1) is 0 Å². The third-order valence-corrected chi connectivity index (χ3v) is 3.76. The van der Waals surface area contributed by atoms with Gasteiger partial charge in [0.05, 0.1) is 4.91 Å². The van der Waals surface area contributed by atoms with Crippen LogP contribution in [0.5, 0.6) is 0 Å². The summed E-state index contributed by atoms with van der Waals surface area (Å²) in [5.41, 5.74) is 1.04. The first-order chi connectivity index (χ1) is 9.09. The van der Waals surface area contributed by atoms with Crippen molar-refractivity contribution in [3.05, 3.63) is 53.0 Å². The Labute approximate surface area is 121 Å². The van der Waals surface area contributed by atoms with E-state index in [1.807, 2.05) is 36.4 Å². The predicted octanol–water partition coefficient (Wildman–Crippen LogP) is 2.99. The Morgan fingerprint density at radius 1 is 1.32 bits per heavy atom. The van der Waals surface area contributed by atoms with Crippen LogP contribution in [0.4, 0.5) is 0 Å². The van der Waals surface area contributed by atoms with E-state index in [9.17, 15) is 9.59 Å². The first kappa shape index (κ1) is 13.7. The summed E-state index contributed by atoms with van der Waals surface area (Å²) in [6.45, 7) is 1.33. The molecule has 1 aromatic carbocycles. The van der Waals surface area contributed by atoms with Crippen LogP contribution in [0.25, 0.3) is 6.08 Å². The average Bonchev–Trinajstić information content (AvgIpc) is 2.66. The summed E-state index contributed by atoms with van der Waals surface area (Å²) in [5, 5.41) is 0. The minimum absolute atomic E-state index is 0.289. The number of carbonyl (C=O) groups is 2. The molecule has 2 amide bonds. The van der Waals surface area contributed by atoms with Crippen molar-refractivity contribution in [1.82, 2.24) is 4.90 Å². The molecule has 96 valence electrons. The van der Waals surface area contributed by atoms with Crippen molar-refractivity contribution in [2.75, 3.05) is 0 Å². The zero-order chi connectivity index (χ0) is 13.8. The fourth-order valence-corrected chi connectivity index (χ4v) is 2.86. The van der Waals surface area contributed by atoms with Gasteiger partial charge in [-0.2, -0.15) is 0 Å². The number of benzene rings is 1. The number of imide groups is 1. The van der Waals surface area contributed by atoms with Crippen molar-refractivity contribution in [3.8, 4) is 0 Å². The molecule has 0 saturated carbocycles. The second-order valence-corrected chi connectivity index (χ2v) is 5.50. The lowest BCUT2D eigenvalue weighted by molar-refractivity contribution is -0.135. The van der Waals surface area contributed by atoms with Crippen LogP contribution in [0.2, 0.25) is 0 Å². The van der Waals surface area contributed by atoms with Gasteiger partial charge in [-0.25, -0.2) is 4.90 Å². The summed E-state index contributed by atoms with van der Waals surface area (Å²) < 4.78 is 0.289. The molecule has 0 aliphatic carbocycles. The molecule has 5 heteroatoms. The van der Waals surface area contributed by atoms with Crippen LogP contribution in [0.1, 0.15) is 12.5 Å². The number of hydrogen-bond donors (Lipinski definition) is 0. The van der Waals surface area contributed by atoms with Gasteiger partial charge in [-0.1, -0.05) is 66.5 Å². The Morgan fingerprint density at radius 3 is 2.58 bits per heavy atom. The maximum atomic E-state index is 11.9. The quantitative estimate of drug-likeness (QED) is 0.619. The topological polar surface area (TPSA) is 37.4 Å². The molecule has 1 aliphatic rings. The van der Waals surface area contributed by atoms with Crippen LogP contribution >= 0.6 is 24.0 Å². The van der Waals surface area contributed by atoms with E-state index in [4.69, 9.17) is 12.2 Å². The predicted molar refractivity (Wildman–Crippen MR) is 81.3 cm³/mol. The number of hydrogen-bond acceptors (Lipinski definition) is 4. The highest BCUT2D eigenvalue weighted by Crippen LogP contribution is 2.30. The standard InChI is InChI=1S/C14H11NO2S2/c1-10(16)15-13(17)12(19-14(15)18)9-5-8-11-6-3-2-4-7-11/h2-9H,1H3/b8-5-,12-9-. The number of thioether (sulfide) groups is 1. The van der Waals surface area contributed by atoms with Gasteiger partial charge in [0.25, 0.3) is 5.91 Å². The molecule has 1 aliphatic heterocycles. The first-order valence-corrected chi connectivity index (χ1v) is 6.82. The maximum Gasteiger partial charge on any atom is 0.272 e. The second-order valence-electron chi connectivity index (χ2n) is 3.83. The molecule has 3 nitrogen and oxygen atoms in total. The molecule has 0 aromatic heterocycles. The third-order valence-electron chi connectivity index (χ3n) is 2.44. The summed E-state index contributed by atoms with van der Waals surface area (Å²) in [5.74, 6) is -0.696. The van der Waals surface area contributed by atoms with E-state index in [2.05, 4.69) is 0 Å². The van der Waals surface area contributed by atoms with Crippen LogP contribution in [0.15, 0.2) is 47.4 Å². The van der Waals surface area contributed by atoms with E-state index in [1.165, 1.54) is 6.92 Å². The second kappa shape index (κ2) is 5.95. The summed E-state index contributed by atoms with van der Waals surface area (Å²) in [6.07, 6.45) is 5.34. The van der Waals surface area contributed by atoms with Gasteiger partial charge in [-0.3, -0.25) is 9.59 Å². The largest absolute Gasteiger partial charge is 0.274 e. The van der Waals surface area contributed by atoms with Gasteiger partial charge in [0.2, 0.25) is 5.91 Å². The minimum atomic E-state index is -0.349. The molecule has 0 radical (unpaired) electrons. The maximum absolute atomic E-state index is 11.9.